The second kappa shape index (κ2) is 13.1. The number of benzene rings is 1. The second-order valence-electron chi connectivity index (χ2n) is 8.89. The first-order valence-electron chi connectivity index (χ1n) is 11.8. The topological polar surface area (TPSA) is 99.9 Å². The van der Waals surface area contributed by atoms with Crippen molar-refractivity contribution >= 4 is 12.0 Å². The number of non-ortho nitro benzene ring substituents is 1. The van der Waals surface area contributed by atoms with Crippen LogP contribution >= 0.6 is 0 Å². The molecule has 1 aromatic rings. The summed E-state index contributed by atoms with van der Waals surface area (Å²) in [6.07, 6.45) is 6.73. The molecule has 0 aliphatic heterocycles. The lowest BCUT2D eigenvalue weighted by Crippen LogP contribution is -2.42. The maximum atomic E-state index is 11.5. The molecule has 34 heavy (non-hydrogen) atoms. The average Bonchev–Trinajstić information content (AvgIpc) is 2.83. The highest BCUT2D eigenvalue weighted by molar-refractivity contribution is 5.52. The monoisotopic (exact) mass is 474 g/mol. The fraction of sp³-hybridized carbons (Fsp3) is 0.577. The molecule has 8 heteroatoms. The molecule has 0 aromatic heterocycles. The number of methoxy groups -OCH3 is 3. The minimum Gasteiger partial charge on any atom is -0.496 e. The fourth-order valence-electron chi connectivity index (χ4n) is 5.07. The molecule has 188 valence electrons. The van der Waals surface area contributed by atoms with Crippen molar-refractivity contribution in [1.82, 2.24) is 5.32 Å². The maximum absolute atomic E-state index is 11.5. The van der Waals surface area contributed by atoms with Crippen molar-refractivity contribution in [2.24, 2.45) is 17.3 Å². The lowest BCUT2D eigenvalue weighted by atomic mass is 9.60. The van der Waals surface area contributed by atoms with E-state index in [1.807, 2.05) is 12.1 Å². The van der Waals surface area contributed by atoms with Gasteiger partial charge in [0.2, 0.25) is 0 Å². The number of aryl methyl sites for hydroxylation is 1. The van der Waals surface area contributed by atoms with E-state index in [1.54, 1.807) is 33.5 Å². The third-order valence-corrected chi connectivity index (χ3v) is 6.76. The van der Waals surface area contributed by atoms with Gasteiger partial charge in [-0.05, 0) is 56.3 Å². The Morgan fingerprint density at radius 1 is 1.15 bits per heavy atom. The second-order valence-corrected chi connectivity index (χ2v) is 8.89. The SMILES string of the molecule is COC1=CC(CC=O)C(CCCNCCCc2cccc([N+](=O)[O-])c2)(C(C)C)C(OC)=C1OC. The number of nitro benzene ring substituents is 1. The summed E-state index contributed by atoms with van der Waals surface area (Å²) in [5.41, 5.74) is 0.717. The standard InChI is InChI=1S/C26H38N2O6/c1-19(2)26(21(12-16-29)18-23(32-3)24(33-4)25(26)34-5)13-8-15-27-14-7-10-20-9-6-11-22(17-20)28(30)31/h6,9,11,16-19,21,27H,7-8,10,12-15H2,1-5H3. The summed E-state index contributed by atoms with van der Waals surface area (Å²) >= 11 is 0. The van der Waals surface area contributed by atoms with Gasteiger partial charge in [-0.15, -0.1) is 0 Å². The van der Waals surface area contributed by atoms with Crippen molar-refractivity contribution in [2.45, 2.75) is 46.0 Å². The van der Waals surface area contributed by atoms with E-state index in [4.69, 9.17) is 14.2 Å². The number of nitro groups is 1. The molecular formula is C26H38N2O6. The average molecular weight is 475 g/mol. The highest BCUT2D eigenvalue weighted by Gasteiger charge is 2.49. The Kier molecular flexibility index (Phi) is 10.6. The molecule has 1 aliphatic rings. The number of carbonyl (C=O) groups excluding carboxylic acids is 1. The van der Waals surface area contributed by atoms with Crippen LogP contribution in [-0.4, -0.2) is 45.6 Å². The number of ether oxygens (including phenoxy) is 3. The summed E-state index contributed by atoms with van der Waals surface area (Å²) in [6.45, 7) is 5.95. The zero-order chi connectivity index (χ0) is 25.1. The van der Waals surface area contributed by atoms with Crippen LogP contribution in [0.1, 0.15) is 45.1 Å². The third kappa shape index (κ3) is 6.17. The van der Waals surface area contributed by atoms with Crippen LogP contribution in [0.15, 0.2) is 47.6 Å². The van der Waals surface area contributed by atoms with Gasteiger partial charge in [0.25, 0.3) is 5.69 Å². The first kappa shape index (κ1) is 27.4. The minimum absolute atomic E-state index is 0.0531. The molecule has 2 unspecified atom stereocenters. The summed E-state index contributed by atoms with van der Waals surface area (Å²) in [6, 6.07) is 6.79. The molecule has 1 aliphatic carbocycles. The van der Waals surface area contributed by atoms with Crippen molar-refractivity contribution in [3.63, 3.8) is 0 Å². The molecule has 0 saturated carbocycles. The number of hydrogen-bond acceptors (Lipinski definition) is 7. The van der Waals surface area contributed by atoms with E-state index in [9.17, 15) is 14.9 Å². The van der Waals surface area contributed by atoms with Gasteiger partial charge in [0.05, 0.1) is 26.3 Å². The number of hydrogen-bond donors (Lipinski definition) is 1. The first-order valence-corrected chi connectivity index (χ1v) is 11.8. The van der Waals surface area contributed by atoms with Gasteiger partial charge in [-0.1, -0.05) is 26.0 Å². The summed E-state index contributed by atoms with van der Waals surface area (Å²) in [5, 5.41) is 14.4. The molecule has 0 radical (unpaired) electrons. The van der Waals surface area contributed by atoms with Gasteiger partial charge in [-0.2, -0.15) is 0 Å². The van der Waals surface area contributed by atoms with E-state index < -0.39 is 0 Å². The zero-order valence-electron chi connectivity index (χ0n) is 21.0. The highest BCUT2D eigenvalue weighted by Crippen LogP contribution is 2.53. The third-order valence-electron chi connectivity index (χ3n) is 6.76. The number of nitrogens with zero attached hydrogens (tertiary/aromatic N) is 1. The minimum atomic E-state index is -0.381. The Hall–Kier alpha value is -2.87. The van der Waals surface area contributed by atoms with Crippen molar-refractivity contribution < 1.29 is 23.9 Å². The predicted molar refractivity (Wildman–Crippen MR) is 131 cm³/mol. The molecule has 0 saturated heterocycles. The van der Waals surface area contributed by atoms with E-state index in [-0.39, 0.29) is 27.9 Å². The number of rotatable bonds is 15. The number of nitrogens with one attached hydrogen (secondary N) is 1. The number of aldehydes is 1. The summed E-state index contributed by atoms with van der Waals surface area (Å²) in [5.74, 6) is 2.08. The summed E-state index contributed by atoms with van der Waals surface area (Å²) in [4.78, 5) is 22.1. The van der Waals surface area contributed by atoms with Crippen molar-refractivity contribution in [2.75, 3.05) is 34.4 Å². The Morgan fingerprint density at radius 3 is 2.47 bits per heavy atom. The Balaban J connectivity index is 2.01. The number of allylic oxidation sites excluding steroid dienone is 2. The van der Waals surface area contributed by atoms with Gasteiger partial charge < -0.3 is 24.3 Å². The van der Waals surface area contributed by atoms with Crippen LogP contribution in [0.2, 0.25) is 0 Å². The molecule has 0 fully saturated rings. The Labute approximate surface area is 202 Å². The maximum Gasteiger partial charge on any atom is 0.269 e. The molecule has 0 bridgehead atoms. The Morgan fingerprint density at radius 2 is 1.88 bits per heavy atom. The van der Waals surface area contributed by atoms with E-state index in [2.05, 4.69) is 19.2 Å². The van der Waals surface area contributed by atoms with Gasteiger partial charge in [0.15, 0.2) is 11.5 Å². The van der Waals surface area contributed by atoms with Crippen LogP contribution in [0.4, 0.5) is 5.69 Å². The van der Waals surface area contributed by atoms with Crippen molar-refractivity contribution in [3.8, 4) is 0 Å². The molecule has 8 nitrogen and oxygen atoms in total. The van der Waals surface area contributed by atoms with E-state index in [1.165, 1.54) is 6.07 Å². The van der Waals surface area contributed by atoms with Crippen LogP contribution in [0.25, 0.3) is 0 Å². The van der Waals surface area contributed by atoms with E-state index in [0.29, 0.717) is 17.9 Å². The van der Waals surface area contributed by atoms with Gasteiger partial charge >= 0.3 is 0 Å². The van der Waals surface area contributed by atoms with Crippen LogP contribution < -0.4 is 5.32 Å². The quantitative estimate of drug-likeness (QED) is 0.169. The fourth-order valence-corrected chi connectivity index (χ4v) is 5.07. The smallest absolute Gasteiger partial charge is 0.269 e. The summed E-state index contributed by atoms with van der Waals surface area (Å²) in [7, 11) is 4.85. The lowest BCUT2D eigenvalue weighted by molar-refractivity contribution is -0.384. The zero-order valence-corrected chi connectivity index (χ0v) is 21.0. The van der Waals surface area contributed by atoms with Gasteiger partial charge in [-0.3, -0.25) is 10.1 Å². The molecule has 1 aromatic carbocycles. The van der Waals surface area contributed by atoms with Gasteiger partial charge in [0, 0.05) is 29.9 Å². The largest absolute Gasteiger partial charge is 0.496 e. The van der Waals surface area contributed by atoms with Crippen molar-refractivity contribution in [1.29, 1.82) is 0 Å². The molecule has 2 atom stereocenters. The highest BCUT2D eigenvalue weighted by atomic mass is 16.6. The van der Waals surface area contributed by atoms with Crippen LogP contribution in [-0.2, 0) is 25.4 Å². The normalized spacial score (nSPS) is 20.2. The molecule has 0 spiro atoms. The Bertz CT molecular complexity index is 895. The van der Waals surface area contributed by atoms with E-state index in [0.717, 1.165) is 56.4 Å². The molecule has 2 rings (SSSR count). The molecule has 1 N–H and O–H groups in total. The number of carbonyl (C=O) groups is 1. The molecule has 0 heterocycles. The first-order chi connectivity index (χ1) is 16.3. The molecule has 0 amide bonds. The van der Waals surface area contributed by atoms with Crippen LogP contribution in [0.5, 0.6) is 0 Å². The predicted octanol–water partition coefficient (Wildman–Crippen LogP) is 4.79. The summed E-state index contributed by atoms with van der Waals surface area (Å²) < 4.78 is 17.1. The van der Waals surface area contributed by atoms with Gasteiger partial charge in [-0.25, -0.2) is 0 Å². The van der Waals surface area contributed by atoms with Gasteiger partial charge in [0.1, 0.15) is 12.0 Å². The van der Waals surface area contributed by atoms with Crippen LogP contribution in [0, 0.1) is 27.4 Å². The molecular weight excluding hydrogens is 436 g/mol. The lowest BCUT2D eigenvalue weighted by Gasteiger charge is -2.46. The van der Waals surface area contributed by atoms with E-state index >= 15 is 0 Å². The van der Waals surface area contributed by atoms with Crippen LogP contribution in [0.3, 0.4) is 0 Å². The van der Waals surface area contributed by atoms with Crippen molar-refractivity contribution in [3.05, 3.63) is 63.3 Å².